The van der Waals surface area contributed by atoms with E-state index in [1.165, 1.54) is 4.90 Å². The first kappa shape index (κ1) is 13.0. The van der Waals surface area contributed by atoms with Crippen LogP contribution in [0.4, 0.5) is 0 Å². The number of carbonyl (C=O) groups excluding carboxylic acids is 3. The average Bonchev–Trinajstić information content (AvgIpc) is 3.09. The van der Waals surface area contributed by atoms with Gasteiger partial charge in [-0.1, -0.05) is 6.92 Å². The van der Waals surface area contributed by atoms with Crippen LogP contribution in [0.2, 0.25) is 0 Å². The van der Waals surface area contributed by atoms with Gasteiger partial charge in [0.15, 0.2) is 0 Å². The van der Waals surface area contributed by atoms with E-state index in [0.717, 1.165) is 19.3 Å². The predicted octanol–water partition coefficient (Wildman–Crippen LogP) is -0.608. The van der Waals surface area contributed by atoms with Gasteiger partial charge < -0.3 is 5.32 Å². The molecule has 6 heteroatoms. The number of hydrogen-bond acceptors (Lipinski definition) is 4. The summed E-state index contributed by atoms with van der Waals surface area (Å²) >= 11 is 0. The normalized spacial score (nSPS) is 23.6. The second-order valence-corrected chi connectivity index (χ2v) is 4.86. The van der Waals surface area contributed by atoms with Crippen molar-refractivity contribution in [2.75, 3.05) is 13.1 Å². The molecule has 2 aliphatic rings. The van der Waals surface area contributed by atoms with Gasteiger partial charge in [-0.3, -0.25) is 24.6 Å². The quantitative estimate of drug-likeness (QED) is 0.619. The molecule has 0 aromatic carbocycles. The first-order valence-corrected chi connectivity index (χ1v) is 6.48. The number of imide groups is 1. The highest BCUT2D eigenvalue weighted by Gasteiger charge is 2.37. The Morgan fingerprint density at radius 3 is 2.72 bits per heavy atom. The summed E-state index contributed by atoms with van der Waals surface area (Å²) < 4.78 is 0. The molecule has 100 valence electrons. The van der Waals surface area contributed by atoms with Crippen molar-refractivity contribution in [2.45, 2.75) is 44.7 Å². The highest BCUT2D eigenvalue weighted by atomic mass is 16.2. The summed E-state index contributed by atoms with van der Waals surface area (Å²) in [6.07, 6.45) is 3.00. The van der Waals surface area contributed by atoms with Crippen LogP contribution in [0.5, 0.6) is 0 Å². The average molecular weight is 253 g/mol. The van der Waals surface area contributed by atoms with Crippen molar-refractivity contribution >= 4 is 17.7 Å². The van der Waals surface area contributed by atoms with E-state index < -0.39 is 6.04 Å². The summed E-state index contributed by atoms with van der Waals surface area (Å²) in [7, 11) is 0. The first-order chi connectivity index (χ1) is 8.61. The minimum atomic E-state index is -0.533. The second-order valence-electron chi connectivity index (χ2n) is 4.86. The van der Waals surface area contributed by atoms with E-state index >= 15 is 0 Å². The number of carbonyl (C=O) groups is 3. The molecule has 0 aromatic heterocycles. The van der Waals surface area contributed by atoms with Crippen molar-refractivity contribution in [2.24, 2.45) is 0 Å². The fraction of sp³-hybridized carbons (Fsp3) is 0.750. The number of likely N-dealkylation sites (tertiary alicyclic amines) is 1. The van der Waals surface area contributed by atoms with E-state index in [9.17, 15) is 14.4 Å². The lowest BCUT2D eigenvalue weighted by molar-refractivity contribution is -0.138. The third kappa shape index (κ3) is 3.07. The highest BCUT2D eigenvalue weighted by molar-refractivity contribution is 6.05. The topological polar surface area (TPSA) is 78.5 Å². The molecule has 1 unspecified atom stereocenters. The standard InChI is InChI=1S/C12H19N3O3/c1-2-5-15-11(17)6-9(12(15)18)13-7-10(16)14-8-3-4-8/h8-9,13H,2-7H2,1H3,(H,14,16). The Balaban J connectivity index is 1.77. The van der Waals surface area contributed by atoms with Crippen LogP contribution in [0.15, 0.2) is 0 Å². The minimum absolute atomic E-state index is 0.0974. The lowest BCUT2D eigenvalue weighted by Gasteiger charge is -2.14. The third-order valence-corrected chi connectivity index (χ3v) is 3.14. The Morgan fingerprint density at radius 2 is 2.11 bits per heavy atom. The molecule has 1 aliphatic heterocycles. The van der Waals surface area contributed by atoms with Gasteiger partial charge in [-0.2, -0.15) is 0 Å². The van der Waals surface area contributed by atoms with Crippen molar-refractivity contribution < 1.29 is 14.4 Å². The van der Waals surface area contributed by atoms with Gasteiger partial charge in [-0.05, 0) is 19.3 Å². The van der Waals surface area contributed by atoms with Gasteiger partial charge in [0.25, 0.3) is 0 Å². The molecule has 1 saturated heterocycles. The lowest BCUT2D eigenvalue weighted by Crippen LogP contribution is -2.44. The van der Waals surface area contributed by atoms with Gasteiger partial charge >= 0.3 is 0 Å². The Hall–Kier alpha value is -1.43. The summed E-state index contributed by atoms with van der Waals surface area (Å²) in [5.41, 5.74) is 0. The molecule has 6 nitrogen and oxygen atoms in total. The Labute approximate surface area is 106 Å². The summed E-state index contributed by atoms with van der Waals surface area (Å²) in [6, 6.07) is -0.217. The zero-order valence-electron chi connectivity index (χ0n) is 10.6. The maximum atomic E-state index is 11.9. The van der Waals surface area contributed by atoms with Crippen molar-refractivity contribution in [3.63, 3.8) is 0 Å². The molecular weight excluding hydrogens is 234 g/mol. The van der Waals surface area contributed by atoms with Crippen LogP contribution in [0, 0.1) is 0 Å². The molecule has 1 atom stereocenters. The van der Waals surface area contributed by atoms with Crippen molar-refractivity contribution in [3.8, 4) is 0 Å². The highest BCUT2D eigenvalue weighted by Crippen LogP contribution is 2.18. The van der Waals surface area contributed by atoms with Crippen molar-refractivity contribution in [1.29, 1.82) is 0 Å². The van der Waals surface area contributed by atoms with Crippen molar-refractivity contribution in [1.82, 2.24) is 15.5 Å². The Kier molecular flexibility index (Phi) is 3.96. The third-order valence-electron chi connectivity index (χ3n) is 3.14. The largest absolute Gasteiger partial charge is 0.352 e. The van der Waals surface area contributed by atoms with Crippen LogP contribution in [0.3, 0.4) is 0 Å². The van der Waals surface area contributed by atoms with Gasteiger partial charge in [-0.15, -0.1) is 0 Å². The molecule has 1 heterocycles. The van der Waals surface area contributed by atoms with Gasteiger partial charge in [-0.25, -0.2) is 0 Å². The summed E-state index contributed by atoms with van der Waals surface area (Å²) in [6.45, 7) is 2.48. The van der Waals surface area contributed by atoms with E-state index in [0.29, 0.717) is 12.6 Å². The van der Waals surface area contributed by atoms with Crippen LogP contribution in [-0.2, 0) is 14.4 Å². The molecule has 0 aromatic rings. The molecule has 1 aliphatic carbocycles. The molecule has 2 rings (SSSR count). The Morgan fingerprint density at radius 1 is 1.39 bits per heavy atom. The van der Waals surface area contributed by atoms with E-state index in [-0.39, 0.29) is 30.7 Å². The van der Waals surface area contributed by atoms with Crippen LogP contribution in [0.1, 0.15) is 32.6 Å². The first-order valence-electron chi connectivity index (χ1n) is 6.48. The van der Waals surface area contributed by atoms with E-state index in [1.54, 1.807) is 0 Å². The van der Waals surface area contributed by atoms with Crippen LogP contribution in [0.25, 0.3) is 0 Å². The maximum absolute atomic E-state index is 11.9. The zero-order chi connectivity index (χ0) is 13.1. The van der Waals surface area contributed by atoms with Gasteiger partial charge in [0.2, 0.25) is 17.7 Å². The molecule has 2 fully saturated rings. The summed E-state index contributed by atoms with van der Waals surface area (Å²) in [5, 5.41) is 5.69. The monoisotopic (exact) mass is 253 g/mol. The molecule has 0 radical (unpaired) electrons. The van der Waals surface area contributed by atoms with Crippen LogP contribution < -0.4 is 10.6 Å². The van der Waals surface area contributed by atoms with Crippen LogP contribution >= 0.6 is 0 Å². The van der Waals surface area contributed by atoms with E-state index in [2.05, 4.69) is 10.6 Å². The number of rotatable bonds is 6. The predicted molar refractivity (Wildman–Crippen MR) is 64.6 cm³/mol. The number of hydrogen-bond donors (Lipinski definition) is 2. The molecule has 3 amide bonds. The van der Waals surface area contributed by atoms with Gasteiger partial charge in [0.05, 0.1) is 19.0 Å². The summed E-state index contributed by atoms with van der Waals surface area (Å²) in [4.78, 5) is 36.2. The molecule has 0 bridgehead atoms. The smallest absolute Gasteiger partial charge is 0.246 e. The van der Waals surface area contributed by atoms with Crippen LogP contribution in [-0.4, -0.2) is 47.8 Å². The number of amides is 3. The molecular formula is C12H19N3O3. The van der Waals surface area contributed by atoms with Gasteiger partial charge in [0, 0.05) is 12.6 Å². The molecule has 0 spiro atoms. The summed E-state index contributed by atoms with van der Waals surface area (Å²) in [5.74, 6) is -0.463. The fourth-order valence-corrected chi connectivity index (χ4v) is 2.02. The van der Waals surface area contributed by atoms with Crippen molar-refractivity contribution in [3.05, 3.63) is 0 Å². The van der Waals surface area contributed by atoms with Gasteiger partial charge in [0.1, 0.15) is 0 Å². The molecule has 18 heavy (non-hydrogen) atoms. The molecule has 2 N–H and O–H groups in total. The number of nitrogens with one attached hydrogen (secondary N) is 2. The Bertz CT molecular complexity index is 366. The number of nitrogens with zero attached hydrogens (tertiary/aromatic N) is 1. The van der Waals surface area contributed by atoms with E-state index in [1.807, 2.05) is 6.92 Å². The maximum Gasteiger partial charge on any atom is 0.246 e. The van der Waals surface area contributed by atoms with E-state index in [4.69, 9.17) is 0 Å². The lowest BCUT2D eigenvalue weighted by atomic mass is 10.2. The fourth-order valence-electron chi connectivity index (χ4n) is 2.02. The minimum Gasteiger partial charge on any atom is -0.352 e. The molecule has 1 saturated carbocycles. The zero-order valence-corrected chi connectivity index (χ0v) is 10.6. The second kappa shape index (κ2) is 5.48. The SMILES string of the molecule is CCCN1C(=O)CC(NCC(=O)NC2CC2)C1=O.